The maximum absolute atomic E-state index is 11.2. The molecule has 0 bridgehead atoms. The average molecular weight is 435 g/mol. The number of hydrogen-bond acceptors (Lipinski definition) is 5. The monoisotopic (exact) mass is 434 g/mol. The van der Waals surface area contributed by atoms with E-state index in [1.807, 2.05) is 35.0 Å². The van der Waals surface area contributed by atoms with Gasteiger partial charge in [-0.15, -0.1) is 0 Å². The lowest BCUT2D eigenvalue weighted by Crippen LogP contribution is -2.27. The first kappa shape index (κ1) is 22.2. The predicted molar refractivity (Wildman–Crippen MR) is 123 cm³/mol. The van der Waals surface area contributed by atoms with Crippen molar-refractivity contribution in [3.8, 4) is 0 Å². The van der Waals surface area contributed by atoms with Gasteiger partial charge in [0.05, 0.1) is 11.2 Å². The van der Waals surface area contributed by atoms with Gasteiger partial charge in [0.1, 0.15) is 5.60 Å². The normalized spacial score (nSPS) is 17.4. The molecule has 7 nitrogen and oxygen atoms in total. The van der Waals surface area contributed by atoms with Crippen LogP contribution < -0.4 is 5.48 Å². The van der Waals surface area contributed by atoms with Crippen LogP contribution in [-0.4, -0.2) is 43.8 Å². The van der Waals surface area contributed by atoms with Gasteiger partial charge in [-0.2, -0.15) is 5.10 Å². The summed E-state index contributed by atoms with van der Waals surface area (Å²) >= 11 is 0. The summed E-state index contributed by atoms with van der Waals surface area (Å²) in [5.41, 5.74) is 5.65. The average Bonchev–Trinajstić information content (AvgIpc) is 3.40. The van der Waals surface area contributed by atoms with E-state index in [0.29, 0.717) is 6.04 Å². The first-order valence-electron chi connectivity index (χ1n) is 11.0. The molecule has 2 aromatic heterocycles. The van der Waals surface area contributed by atoms with Crippen molar-refractivity contribution < 1.29 is 15.1 Å². The first-order valence-corrected chi connectivity index (χ1v) is 11.0. The fraction of sp³-hybridized carbons (Fsp3) is 0.360. The third kappa shape index (κ3) is 4.75. The highest BCUT2D eigenvalue weighted by molar-refractivity contribution is 5.90. The van der Waals surface area contributed by atoms with Crippen molar-refractivity contribution in [1.82, 2.24) is 20.0 Å². The highest BCUT2D eigenvalue weighted by atomic mass is 16.5. The number of nitrogens with zero attached hydrogens (tertiary/aromatic N) is 3. The predicted octanol–water partition coefficient (Wildman–Crippen LogP) is 3.46. The van der Waals surface area contributed by atoms with Gasteiger partial charge in [0.25, 0.3) is 5.91 Å². The van der Waals surface area contributed by atoms with Gasteiger partial charge in [-0.1, -0.05) is 30.3 Å². The van der Waals surface area contributed by atoms with E-state index in [4.69, 9.17) is 5.21 Å². The molecular formula is C25H30N4O3. The van der Waals surface area contributed by atoms with Crippen molar-refractivity contribution >= 4 is 17.5 Å². The summed E-state index contributed by atoms with van der Waals surface area (Å²) in [5.74, 6) is -0.547. The van der Waals surface area contributed by atoms with Crippen LogP contribution in [0.2, 0.25) is 0 Å². The summed E-state index contributed by atoms with van der Waals surface area (Å²) in [6, 6.07) is 14.6. The molecule has 1 aromatic carbocycles. The summed E-state index contributed by atoms with van der Waals surface area (Å²) in [6.45, 7) is 5.51. The molecule has 1 atom stereocenters. The molecule has 1 unspecified atom stereocenters. The number of aliphatic hydroxyl groups is 1. The van der Waals surface area contributed by atoms with Crippen LogP contribution in [0.25, 0.3) is 11.6 Å². The van der Waals surface area contributed by atoms with Crippen LogP contribution >= 0.6 is 0 Å². The zero-order valence-corrected chi connectivity index (χ0v) is 18.5. The largest absolute Gasteiger partial charge is 0.384 e. The molecule has 0 radical (unpaired) electrons. The molecule has 7 heteroatoms. The summed E-state index contributed by atoms with van der Waals surface area (Å²) in [7, 11) is 0. The van der Waals surface area contributed by atoms with Crippen LogP contribution in [0.3, 0.4) is 0 Å². The van der Waals surface area contributed by atoms with Crippen molar-refractivity contribution in [2.45, 2.75) is 44.8 Å². The summed E-state index contributed by atoms with van der Waals surface area (Å²) in [4.78, 5) is 13.7. The molecule has 0 aliphatic carbocycles. The molecule has 0 spiro atoms. The van der Waals surface area contributed by atoms with Crippen molar-refractivity contribution in [2.75, 3.05) is 13.1 Å². The van der Waals surface area contributed by atoms with E-state index in [1.165, 1.54) is 11.6 Å². The SMILES string of the molecule is CC(C)(O)c1nn2ccccc2c1CCN1CCCC1c1ccc(C=CC(=O)NO)cc1. The molecular weight excluding hydrogens is 404 g/mol. The molecule has 3 heterocycles. The van der Waals surface area contributed by atoms with Gasteiger partial charge in [-0.25, -0.2) is 10.00 Å². The van der Waals surface area contributed by atoms with Crippen LogP contribution in [0.4, 0.5) is 0 Å². The zero-order chi connectivity index (χ0) is 22.7. The summed E-state index contributed by atoms with van der Waals surface area (Å²) in [5, 5.41) is 23.9. The number of carbonyl (C=O) groups is 1. The number of hydroxylamine groups is 1. The van der Waals surface area contributed by atoms with Gasteiger partial charge in [-0.3, -0.25) is 14.9 Å². The third-order valence-electron chi connectivity index (χ3n) is 6.09. The number of benzene rings is 1. The van der Waals surface area contributed by atoms with E-state index in [-0.39, 0.29) is 0 Å². The van der Waals surface area contributed by atoms with Gasteiger partial charge in [0.15, 0.2) is 0 Å². The van der Waals surface area contributed by atoms with Crippen molar-refractivity contribution in [3.63, 3.8) is 0 Å². The number of nitrogens with one attached hydrogen (secondary N) is 1. The lowest BCUT2D eigenvalue weighted by molar-refractivity contribution is -0.124. The molecule has 1 saturated heterocycles. The lowest BCUT2D eigenvalue weighted by atomic mass is 9.97. The fourth-order valence-corrected chi connectivity index (χ4v) is 4.55. The van der Waals surface area contributed by atoms with Crippen LogP contribution in [0.1, 0.15) is 55.1 Å². The standard InChI is InChI=1S/C25H30N4O3/c1-25(2,31)24-20(22-6-3-4-16-29(22)26-24)14-17-28-15-5-7-21(28)19-11-8-18(9-12-19)10-13-23(30)27-32/h3-4,6,8-13,16,21,31-32H,5,7,14-15,17H2,1-2H3,(H,27,30). The van der Waals surface area contributed by atoms with Gasteiger partial charge in [0, 0.05) is 30.4 Å². The van der Waals surface area contributed by atoms with E-state index in [0.717, 1.165) is 54.7 Å². The Labute approximate surface area is 187 Å². The highest BCUT2D eigenvalue weighted by Crippen LogP contribution is 2.33. The van der Waals surface area contributed by atoms with Crippen LogP contribution in [0, 0.1) is 0 Å². The molecule has 0 saturated carbocycles. The van der Waals surface area contributed by atoms with Gasteiger partial charge in [-0.05, 0) is 69.0 Å². The second kappa shape index (κ2) is 9.24. The molecule has 1 amide bonds. The Bertz CT molecular complexity index is 1110. The number of hydrogen-bond donors (Lipinski definition) is 3. The number of pyridine rings is 1. The number of fused-ring (bicyclic) bond motifs is 1. The Morgan fingerprint density at radius 3 is 2.75 bits per heavy atom. The van der Waals surface area contributed by atoms with E-state index >= 15 is 0 Å². The van der Waals surface area contributed by atoms with Crippen molar-refractivity contribution in [3.05, 3.63) is 77.1 Å². The van der Waals surface area contributed by atoms with E-state index < -0.39 is 11.5 Å². The summed E-state index contributed by atoms with van der Waals surface area (Å²) in [6.07, 6.45) is 7.97. The molecule has 168 valence electrons. The minimum absolute atomic E-state index is 0.348. The molecule has 3 aromatic rings. The van der Waals surface area contributed by atoms with Crippen molar-refractivity contribution in [2.24, 2.45) is 0 Å². The van der Waals surface area contributed by atoms with E-state index in [1.54, 1.807) is 25.4 Å². The van der Waals surface area contributed by atoms with E-state index in [2.05, 4.69) is 28.2 Å². The second-order valence-electron chi connectivity index (χ2n) is 8.84. The molecule has 1 aliphatic rings. The summed E-state index contributed by atoms with van der Waals surface area (Å²) < 4.78 is 1.85. The Morgan fingerprint density at radius 2 is 2.03 bits per heavy atom. The Balaban J connectivity index is 1.50. The smallest absolute Gasteiger partial charge is 0.267 e. The topological polar surface area (TPSA) is 90.1 Å². The minimum atomic E-state index is -0.998. The molecule has 4 rings (SSSR count). The van der Waals surface area contributed by atoms with Gasteiger partial charge >= 0.3 is 0 Å². The maximum Gasteiger partial charge on any atom is 0.267 e. The Morgan fingerprint density at radius 1 is 1.25 bits per heavy atom. The quantitative estimate of drug-likeness (QED) is 0.301. The van der Waals surface area contributed by atoms with Crippen molar-refractivity contribution in [1.29, 1.82) is 0 Å². The zero-order valence-electron chi connectivity index (χ0n) is 18.5. The second-order valence-corrected chi connectivity index (χ2v) is 8.84. The number of carbonyl (C=O) groups excluding carboxylic acids is 1. The van der Waals surface area contributed by atoms with Gasteiger partial charge < -0.3 is 5.11 Å². The van der Waals surface area contributed by atoms with Gasteiger partial charge in [0.2, 0.25) is 0 Å². The number of aromatic nitrogens is 2. The number of likely N-dealkylation sites (tertiary alicyclic amines) is 1. The third-order valence-corrected chi connectivity index (χ3v) is 6.09. The minimum Gasteiger partial charge on any atom is -0.384 e. The number of amides is 1. The molecule has 3 N–H and O–H groups in total. The lowest BCUT2D eigenvalue weighted by Gasteiger charge is -2.25. The van der Waals surface area contributed by atoms with Crippen LogP contribution in [-0.2, 0) is 16.8 Å². The first-order chi connectivity index (χ1) is 15.4. The number of rotatable bonds is 7. The maximum atomic E-state index is 11.2. The molecule has 1 aliphatic heterocycles. The molecule has 32 heavy (non-hydrogen) atoms. The van der Waals surface area contributed by atoms with Crippen LogP contribution in [0.15, 0.2) is 54.7 Å². The molecule has 1 fully saturated rings. The Kier molecular flexibility index (Phi) is 6.41. The highest BCUT2D eigenvalue weighted by Gasteiger charge is 2.29. The van der Waals surface area contributed by atoms with Crippen LogP contribution in [0.5, 0.6) is 0 Å². The fourth-order valence-electron chi connectivity index (χ4n) is 4.55. The Hall–Kier alpha value is -3.00. The van der Waals surface area contributed by atoms with E-state index in [9.17, 15) is 9.90 Å².